The molecule has 0 aliphatic carbocycles. The predicted molar refractivity (Wildman–Crippen MR) is 144 cm³/mol. The standard InChI is InChI=1S/C25H25N7O5S/c1-14-4-5-18(32(35)36)12-20(14)30-15(2)10-17(16(30)3)11-19-23(26)31-25(27-24(19)34)38-21(28-31)13-22(33)29-6-8-37-9-7-29/h4-5,10-12,26H,6-9,13H2,1-3H3/b19-11+,26-23?. The lowest BCUT2D eigenvalue weighted by Gasteiger charge is -2.26. The number of amides is 2. The van der Waals surface area contributed by atoms with Crippen LogP contribution in [0.25, 0.3) is 11.8 Å². The molecule has 5 rings (SSSR count). The van der Waals surface area contributed by atoms with Gasteiger partial charge in [0.05, 0.1) is 35.8 Å². The van der Waals surface area contributed by atoms with Crippen molar-refractivity contribution >= 4 is 51.4 Å². The summed E-state index contributed by atoms with van der Waals surface area (Å²) in [4.78, 5) is 42.3. The highest BCUT2D eigenvalue weighted by Gasteiger charge is 2.36. The van der Waals surface area contributed by atoms with E-state index < -0.39 is 10.8 Å². The first-order valence-corrected chi connectivity index (χ1v) is 12.7. The minimum absolute atomic E-state index is 0.0172. The normalized spacial score (nSPS) is 18.6. The van der Waals surface area contributed by atoms with Gasteiger partial charge in [0.1, 0.15) is 5.04 Å². The topological polar surface area (TPSA) is 146 Å². The van der Waals surface area contributed by atoms with Crippen LogP contribution >= 0.6 is 11.8 Å². The predicted octanol–water partition coefficient (Wildman–Crippen LogP) is 3.18. The van der Waals surface area contributed by atoms with E-state index in [9.17, 15) is 19.7 Å². The highest BCUT2D eigenvalue weighted by molar-refractivity contribution is 8.27. The zero-order valence-electron chi connectivity index (χ0n) is 21.1. The molecule has 13 heteroatoms. The first-order valence-electron chi connectivity index (χ1n) is 11.9. The first-order chi connectivity index (χ1) is 18.1. The van der Waals surface area contributed by atoms with Crippen molar-refractivity contribution in [1.82, 2.24) is 14.5 Å². The number of nitro benzene ring substituents is 1. The second-order valence-corrected chi connectivity index (χ2v) is 10.1. The fourth-order valence-electron chi connectivity index (χ4n) is 4.57. The van der Waals surface area contributed by atoms with Crippen LogP contribution in [-0.4, -0.2) is 73.6 Å². The molecule has 0 bridgehead atoms. The number of thioether (sulfide) groups is 1. The molecule has 1 aromatic carbocycles. The Balaban J connectivity index is 1.42. The first kappa shape index (κ1) is 25.5. The summed E-state index contributed by atoms with van der Waals surface area (Å²) in [5.74, 6) is -0.781. The van der Waals surface area contributed by atoms with Crippen LogP contribution in [0.3, 0.4) is 0 Å². The number of aliphatic imine (C=N–C) groups is 1. The van der Waals surface area contributed by atoms with Crippen LogP contribution in [0.4, 0.5) is 5.69 Å². The summed E-state index contributed by atoms with van der Waals surface area (Å²) in [5, 5.41) is 26.4. The van der Waals surface area contributed by atoms with E-state index >= 15 is 0 Å². The van der Waals surface area contributed by atoms with Crippen LogP contribution in [0, 0.1) is 36.3 Å². The van der Waals surface area contributed by atoms with Crippen molar-refractivity contribution in [2.24, 2.45) is 10.1 Å². The third-order valence-corrected chi connectivity index (χ3v) is 7.49. The molecular weight excluding hydrogens is 510 g/mol. The van der Waals surface area contributed by atoms with Crippen molar-refractivity contribution in [2.75, 3.05) is 26.3 Å². The number of hydrazone groups is 1. The molecule has 12 nitrogen and oxygen atoms in total. The van der Waals surface area contributed by atoms with Crippen molar-refractivity contribution in [3.8, 4) is 5.69 Å². The number of carbonyl (C=O) groups is 2. The number of carbonyl (C=O) groups excluding carboxylic acids is 2. The lowest BCUT2D eigenvalue weighted by molar-refractivity contribution is -0.384. The molecule has 0 spiro atoms. The van der Waals surface area contributed by atoms with Gasteiger partial charge in [-0.3, -0.25) is 25.1 Å². The van der Waals surface area contributed by atoms with Gasteiger partial charge >= 0.3 is 0 Å². The number of benzene rings is 1. The summed E-state index contributed by atoms with van der Waals surface area (Å²) in [6.07, 6.45) is 1.65. The molecule has 2 aromatic rings. The molecule has 1 fully saturated rings. The molecule has 0 unspecified atom stereocenters. The number of rotatable bonds is 5. The van der Waals surface area contributed by atoms with Gasteiger partial charge in [0, 0.05) is 36.6 Å². The summed E-state index contributed by atoms with van der Waals surface area (Å²) < 4.78 is 7.18. The fraction of sp³-hybridized carbons (Fsp3) is 0.320. The Morgan fingerprint density at radius 1 is 1.24 bits per heavy atom. The van der Waals surface area contributed by atoms with Crippen molar-refractivity contribution in [3.63, 3.8) is 0 Å². The van der Waals surface area contributed by atoms with Gasteiger partial charge in [0.2, 0.25) is 11.1 Å². The Morgan fingerprint density at radius 3 is 2.68 bits per heavy atom. The number of amidine groups is 2. The van der Waals surface area contributed by atoms with Gasteiger partial charge in [-0.2, -0.15) is 15.1 Å². The molecule has 3 aliphatic rings. The smallest absolute Gasteiger partial charge is 0.283 e. The van der Waals surface area contributed by atoms with Gasteiger partial charge in [-0.1, -0.05) is 6.07 Å². The van der Waals surface area contributed by atoms with Gasteiger partial charge in [0.25, 0.3) is 11.6 Å². The van der Waals surface area contributed by atoms with E-state index in [4.69, 9.17) is 10.1 Å². The Hall–Kier alpha value is -4.10. The monoisotopic (exact) mass is 535 g/mol. The molecule has 1 saturated heterocycles. The summed E-state index contributed by atoms with van der Waals surface area (Å²) in [5.41, 5.74) is 3.82. The second-order valence-electron chi connectivity index (χ2n) is 9.07. The van der Waals surface area contributed by atoms with E-state index in [2.05, 4.69) is 10.1 Å². The third-order valence-electron chi connectivity index (χ3n) is 6.58. The van der Waals surface area contributed by atoms with E-state index in [1.165, 1.54) is 17.1 Å². The number of aryl methyl sites for hydroxylation is 2. The number of ether oxygens (including phenoxy) is 1. The summed E-state index contributed by atoms with van der Waals surface area (Å²) >= 11 is 1.11. The molecule has 38 heavy (non-hydrogen) atoms. The van der Waals surface area contributed by atoms with Crippen LogP contribution in [0.5, 0.6) is 0 Å². The van der Waals surface area contributed by atoms with Crippen molar-refractivity contribution < 1.29 is 19.2 Å². The summed E-state index contributed by atoms with van der Waals surface area (Å²) in [6.45, 7) is 7.64. The number of nitro groups is 1. The SMILES string of the molecule is Cc1ccc([N+](=O)[O-])cc1-n1c(C)cc(/C=C2\C(=N)N3N=C(CC(=O)N4CCOCC4)SC3=NC2=O)c1C. The number of fused-ring (bicyclic) bond motifs is 1. The van der Waals surface area contributed by atoms with E-state index in [1.807, 2.05) is 31.4 Å². The molecule has 0 saturated carbocycles. The highest BCUT2D eigenvalue weighted by Crippen LogP contribution is 2.32. The average molecular weight is 536 g/mol. The quantitative estimate of drug-likeness (QED) is 0.351. The molecule has 0 atom stereocenters. The molecule has 1 N–H and O–H groups in total. The highest BCUT2D eigenvalue weighted by atomic mass is 32.2. The number of hydrogen-bond donors (Lipinski definition) is 1. The van der Waals surface area contributed by atoms with Gasteiger partial charge in [0.15, 0.2) is 5.84 Å². The number of nitrogens with zero attached hydrogens (tertiary/aromatic N) is 6. The summed E-state index contributed by atoms with van der Waals surface area (Å²) in [6, 6.07) is 6.54. The van der Waals surface area contributed by atoms with Gasteiger partial charge in [-0.05, 0) is 55.8 Å². The summed E-state index contributed by atoms with van der Waals surface area (Å²) in [7, 11) is 0. The molecule has 4 heterocycles. The van der Waals surface area contributed by atoms with Crippen LogP contribution in [0.2, 0.25) is 0 Å². The van der Waals surface area contributed by atoms with E-state index in [0.717, 1.165) is 28.7 Å². The Bertz CT molecular complexity index is 1480. The lowest BCUT2D eigenvalue weighted by atomic mass is 10.1. The second kappa shape index (κ2) is 9.99. The molecule has 196 valence electrons. The third kappa shape index (κ3) is 4.65. The molecule has 1 aromatic heterocycles. The molecular formula is C25H25N7O5S. The number of morpholine rings is 1. The van der Waals surface area contributed by atoms with Crippen LogP contribution in [-0.2, 0) is 14.3 Å². The Labute approximate surface area is 222 Å². The zero-order chi connectivity index (χ0) is 27.1. The van der Waals surface area contributed by atoms with Gasteiger partial charge in [-0.25, -0.2) is 0 Å². The maximum absolute atomic E-state index is 12.9. The average Bonchev–Trinajstić information content (AvgIpc) is 3.41. The van der Waals surface area contributed by atoms with Crippen LogP contribution < -0.4 is 0 Å². The van der Waals surface area contributed by atoms with E-state index in [0.29, 0.717) is 42.6 Å². The van der Waals surface area contributed by atoms with Gasteiger partial charge in [-0.15, -0.1) is 0 Å². The van der Waals surface area contributed by atoms with Crippen molar-refractivity contribution in [2.45, 2.75) is 27.2 Å². The van der Waals surface area contributed by atoms with Crippen molar-refractivity contribution in [1.29, 1.82) is 5.41 Å². The maximum atomic E-state index is 12.9. The minimum atomic E-state index is -0.568. The van der Waals surface area contributed by atoms with E-state index in [-0.39, 0.29) is 34.6 Å². The van der Waals surface area contributed by atoms with Gasteiger partial charge < -0.3 is 14.2 Å². The fourth-order valence-corrected chi connectivity index (χ4v) is 5.45. The van der Waals surface area contributed by atoms with E-state index in [1.54, 1.807) is 17.0 Å². The minimum Gasteiger partial charge on any atom is -0.378 e. The van der Waals surface area contributed by atoms with Crippen LogP contribution in [0.15, 0.2) is 39.9 Å². The van der Waals surface area contributed by atoms with Crippen LogP contribution in [0.1, 0.15) is 28.9 Å². The molecule has 3 aliphatic heterocycles. The largest absolute Gasteiger partial charge is 0.378 e. The van der Waals surface area contributed by atoms with Crippen molar-refractivity contribution in [3.05, 3.63) is 62.5 Å². The maximum Gasteiger partial charge on any atom is 0.283 e. The Morgan fingerprint density at radius 2 is 1.97 bits per heavy atom. The molecule has 2 amide bonds. The zero-order valence-corrected chi connectivity index (χ0v) is 21.9. The molecule has 0 radical (unpaired) electrons. The lowest BCUT2D eigenvalue weighted by Crippen LogP contribution is -2.41. The number of hydrogen-bond acceptors (Lipinski definition) is 8. The number of nitrogens with one attached hydrogen (secondary N) is 1. The number of aromatic nitrogens is 1. The number of non-ortho nitro benzene ring substituents is 1. The Kier molecular flexibility index (Phi) is 6.71.